The van der Waals surface area contributed by atoms with Crippen molar-refractivity contribution in [3.05, 3.63) is 101 Å². The summed E-state index contributed by atoms with van der Waals surface area (Å²) in [4.78, 5) is 4.65. The standard InChI is InChI=1S/C25H22N4O5S3/c1-16-7-5-6-10-19(16)15-37(32,33)23(24-29-28-22(34-24)14-26-36(30)31)25-27-20-12-11-18(13-21(20)35-25)17-8-3-2-4-9-17/h2-13,23,26H,14-15H2,1H3,(H,30,31). The number of benzene rings is 3. The summed E-state index contributed by atoms with van der Waals surface area (Å²) >= 11 is -1.03. The number of nitrogens with zero attached hydrogens (tertiary/aromatic N) is 3. The molecule has 0 fully saturated rings. The molecule has 3 aromatic carbocycles. The summed E-state index contributed by atoms with van der Waals surface area (Å²) in [5.41, 5.74) is 4.21. The van der Waals surface area contributed by atoms with Crippen LogP contribution in [-0.2, 0) is 33.4 Å². The SMILES string of the molecule is Cc1ccccc1CS(=O)(=O)C(c1nnc(CNS(=O)O)o1)c1nc2ccc(-c3ccccc3)cc2s1. The Hall–Kier alpha value is -3.29. The average molecular weight is 555 g/mol. The molecule has 0 radical (unpaired) electrons. The maximum Gasteiger partial charge on any atom is 0.241 e. The number of fused-ring (bicyclic) bond motifs is 1. The van der Waals surface area contributed by atoms with E-state index < -0.39 is 26.4 Å². The number of hydrogen-bond acceptors (Lipinski definition) is 8. The van der Waals surface area contributed by atoms with Crippen LogP contribution in [0.2, 0.25) is 0 Å². The molecule has 190 valence electrons. The number of sulfone groups is 1. The summed E-state index contributed by atoms with van der Waals surface area (Å²) in [6.45, 7) is 1.66. The van der Waals surface area contributed by atoms with Crippen molar-refractivity contribution in [1.29, 1.82) is 0 Å². The van der Waals surface area contributed by atoms with Crippen molar-refractivity contribution in [2.24, 2.45) is 0 Å². The minimum absolute atomic E-state index is 0.0130. The highest BCUT2D eigenvalue weighted by atomic mass is 32.2. The lowest BCUT2D eigenvalue weighted by atomic mass is 10.1. The highest BCUT2D eigenvalue weighted by Gasteiger charge is 2.37. The summed E-state index contributed by atoms with van der Waals surface area (Å²) in [6, 6.07) is 22.9. The van der Waals surface area contributed by atoms with E-state index in [2.05, 4.69) is 19.9 Å². The molecule has 0 aliphatic heterocycles. The van der Waals surface area contributed by atoms with Crippen molar-refractivity contribution in [1.82, 2.24) is 19.9 Å². The quantitative estimate of drug-likeness (QED) is 0.253. The van der Waals surface area contributed by atoms with E-state index in [1.807, 2.05) is 67.6 Å². The Kier molecular flexibility index (Phi) is 7.26. The molecule has 0 amide bonds. The van der Waals surface area contributed by atoms with E-state index in [-0.39, 0.29) is 24.1 Å². The summed E-state index contributed by atoms with van der Waals surface area (Å²) in [7, 11) is -3.91. The molecule has 2 unspecified atom stereocenters. The van der Waals surface area contributed by atoms with Crippen LogP contribution in [0.15, 0.2) is 77.2 Å². The first-order valence-electron chi connectivity index (χ1n) is 11.2. The second kappa shape index (κ2) is 10.6. The van der Waals surface area contributed by atoms with E-state index >= 15 is 0 Å². The first-order chi connectivity index (χ1) is 17.8. The number of nitrogens with one attached hydrogen (secondary N) is 1. The van der Waals surface area contributed by atoms with Gasteiger partial charge in [-0.05, 0) is 41.3 Å². The first kappa shape index (κ1) is 25.4. The zero-order chi connectivity index (χ0) is 26.0. The molecular formula is C25H22N4O5S3. The van der Waals surface area contributed by atoms with Crippen LogP contribution in [0.4, 0.5) is 0 Å². The third kappa shape index (κ3) is 5.68. The van der Waals surface area contributed by atoms with Gasteiger partial charge in [-0.25, -0.2) is 22.3 Å². The lowest BCUT2D eigenvalue weighted by Gasteiger charge is -2.13. The summed E-state index contributed by atoms with van der Waals surface area (Å²) in [5.74, 6) is -0.399. The van der Waals surface area contributed by atoms with Crippen LogP contribution >= 0.6 is 11.3 Å². The number of rotatable bonds is 9. The molecule has 2 aromatic heterocycles. The predicted octanol–water partition coefficient (Wildman–Crippen LogP) is 4.59. The fourth-order valence-corrected chi connectivity index (χ4v) is 7.42. The molecule has 0 saturated heterocycles. The van der Waals surface area contributed by atoms with Crippen molar-refractivity contribution in [2.45, 2.75) is 24.5 Å². The van der Waals surface area contributed by atoms with Gasteiger partial charge in [0.1, 0.15) is 5.01 Å². The maximum absolute atomic E-state index is 13.8. The first-order valence-corrected chi connectivity index (χ1v) is 14.8. The van der Waals surface area contributed by atoms with E-state index in [1.165, 1.54) is 11.3 Å². The van der Waals surface area contributed by atoms with Crippen molar-refractivity contribution >= 4 is 42.7 Å². The van der Waals surface area contributed by atoms with Crippen LogP contribution < -0.4 is 4.72 Å². The topological polar surface area (TPSA) is 135 Å². The van der Waals surface area contributed by atoms with Gasteiger partial charge in [0.25, 0.3) is 0 Å². The maximum atomic E-state index is 13.8. The Labute approximate surface area is 219 Å². The molecule has 0 bridgehead atoms. The van der Waals surface area contributed by atoms with E-state index in [0.29, 0.717) is 16.1 Å². The molecule has 0 spiro atoms. The second-order valence-corrected chi connectivity index (χ2v) is 12.3. The number of thiazole rings is 1. The lowest BCUT2D eigenvalue weighted by Crippen LogP contribution is -2.18. The van der Waals surface area contributed by atoms with Gasteiger partial charge < -0.3 is 4.42 Å². The third-order valence-corrected chi connectivity index (χ3v) is 9.25. The molecular weight excluding hydrogens is 532 g/mol. The fourth-order valence-electron chi connectivity index (χ4n) is 3.92. The molecule has 0 aliphatic carbocycles. The highest BCUT2D eigenvalue weighted by Crippen LogP contribution is 2.38. The minimum atomic E-state index is -3.91. The Bertz CT molecular complexity index is 1680. The predicted molar refractivity (Wildman–Crippen MR) is 143 cm³/mol. The van der Waals surface area contributed by atoms with Gasteiger partial charge in [0.2, 0.25) is 23.0 Å². The molecule has 5 aromatic rings. The zero-order valence-corrected chi connectivity index (χ0v) is 22.0. The number of aryl methyl sites for hydroxylation is 1. The van der Waals surface area contributed by atoms with Crippen LogP contribution in [0.5, 0.6) is 0 Å². The van der Waals surface area contributed by atoms with Crippen LogP contribution in [0, 0.1) is 6.92 Å². The fraction of sp³-hybridized carbons (Fsp3) is 0.160. The van der Waals surface area contributed by atoms with Gasteiger partial charge in [0, 0.05) is 0 Å². The summed E-state index contributed by atoms with van der Waals surface area (Å²) in [5, 5.41) is 6.86. The van der Waals surface area contributed by atoms with Crippen molar-refractivity contribution < 1.29 is 21.6 Å². The second-order valence-electron chi connectivity index (χ2n) is 8.32. The smallest absolute Gasteiger partial charge is 0.241 e. The largest absolute Gasteiger partial charge is 0.422 e. The molecule has 12 heteroatoms. The molecule has 0 saturated carbocycles. The van der Waals surface area contributed by atoms with Gasteiger partial charge in [-0.1, -0.05) is 60.7 Å². The lowest BCUT2D eigenvalue weighted by molar-refractivity contribution is 0.442. The van der Waals surface area contributed by atoms with Crippen molar-refractivity contribution in [3.63, 3.8) is 0 Å². The van der Waals surface area contributed by atoms with Crippen molar-refractivity contribution in [3.8, 4) is 11.1 Å². The van der Waals surface area contributed by atoms with Gasteiger partial charge in [-0.3, -0.25) is 4.55 Å². The van der Waals surface area contributed by atoms with Crippen LogP contribution in [0.25, 0.3) is 21.3 Å². The van der Waals surface area contributed by atoms with Gasteiger partial charge in [-0.15, -0.1) is 21.5 Å². The summed E-state index contributed by atoms with van der Waals surface area (Å²) in [6.07, 6.45) is 0. The summed E-state index contributed by atoms with van der Waals surface area (Å²) < 4.78 is 56.3. The minimum Gasteiger partial charge on any atom is -0.422 e. The van der Waals surface area contributed by atoms with E-state index in [4.69, 9.17) is 8.97 Å². The molecule has 0 aliphatic rings. The monoisotopic (exact) mass is 554 g/mol. The number of aromatic nitrogens is 3. The molecule has 37 heavy (non-hydrogen) atoms. The van der Waals surface area contributed by atoms with Gasteiger partial charge in [0.05, 0.1) is 22.5 Å². The molecule has 9 nitrogen and oxygen atoms in total. The van der Waals surface area contributed by atoms with E-state index in [9.17, 15) is 12.6 Å². The highest BCUT2D eigenvalue weighted by molar-refractivity contribution is 7.91. The van der Waals surface area contributed by atoms with Crippen LogP contribution in [-0.4, -0.2) is 32.4 Å². The Balaban J connectivity index is 1.58. The van der Waals surface area contributed by atoms with Gasteiger partial charge >= 0.3 is 0 Å². The molecule has 2 atom stereocenters. The number of hydrogen-bond donors (Lipinski definition) is 2. The van der Waals surface area contributed by atoms with Gasteiger partial charge in [-0.2, -0.15) is 0 Å². The third-order valence-electron chi connectivity index (χ3n) is 5.77. The van der Waals surface area contributed by atoms with E-state index in [0.717, 1.165) is 21.4 Å². The van der Waals surface area contributed by atoms with Crippen LogP contribution in [0.3, 0.4) is 0 Å². The molecule has 2 heterocycles. The van der Waals surface area contributed by atoms with Crippen LogP contribution in [0.1, 0.15) is 33.2 Å². The van der Waals surface area contributed by atoms with Gasteiger partial charge in [0.15, 0.2) is 15.1 Å². The Morgan fingerprint density at radius 2 is 1.78 bits per heavy atom. The Morgan fingerprint density at radius 3 is 2.54 bits per heavy atom. The molecule has 2 N–H and O–H groups in total. The average Bonchev–Trinajstić information content (AvgIpc) is 3.51. The Morgan fingerprint density at radius 1 is 1.03 bits per heavy atom. The zero-order valence-electron chi connectivity index (χ0n) is 19.6. The van der Waals surface area contributed by atoms with E-state index in [1.54, 1.807) is 12.1 Å². The normalized spacial score (nSPS) is 13.6. The molecule has 5 rings (SSSR count). The van der Waals surface area contributed by atoms with Crippen molar-refractivity contribution in [2.75, 3.05) is 0 Å².